The van der Waals surface area contributed by atoms with Crippen molar-refractivity contribution in [3.63, 3.8) is 0 Å². The van der Waals surface area contributed by atoms with Crippen LogP contribution in [0, 0.1) is 0 Å². The average Bonchev–Trinajstić information content (AvgIpc) is 2.92. The first-order chi connectivity index (χ1) is 11.1. The molecular formula is C16H21N3O3S. The predicted molar refractivity (Wildman–Crippen MR) is 88.5 cm³/mol. The second-order valence-corrected chi connectivity index (χ2v) is 5.78. The molecule has 1 aromatic heterocycles. The molecule has 1 heterocycles. The number of esters is 1. The van der Waals surface area contributed by atoms with Gasteiger partial charge in [0.05, 0.1) is 12.4 Å². The molecule has 124 valence electrons. The molecule has 0 atom stereocenters. The quantitative estimate of drug-likeness (QED) is 0.546. The van der Waals surface area contributed by atoms with E-state index >= 15 is 0 Å². The van der Waals surface area contributed by atoms with Gasteiger partial charge in [-0.25, -0.2) is 0 Å². The Kier molecular flexibility index (Phi) is 6.46. The highest BCUT2D eigenvalue weighted by Gasteiger charge is 2.12. The second kappa shape index (κ2) is 8.57. The summed E-state index contributed by atoms with van der Waals surface area (Å²) in [6.45, 7) is 4.61. The molecule has 1 aromatic carbocycles. The van der Waals surface area contributed by atoms with Gasteiger partial charge < -0.3 is 14.0 Å². The van der Waals surface area contributed by atoms with Crippen LogP contribution in [0.4, 0.5) is 0 Å². The van der Waals surface area contributed by atoms with Gasteiger partial charge in [-0.1, -0.05) is 30.8 Å². The van der Waals surface area contributed by atoms with Gasteiger partial charge in [0.1, 0.15) is 12.4 Å². The number of rotatable bonds is 8. The first-order valence-corrected chi connectivity index (χ1v) is 8.51. The topological polar surface area (TPSA) is 66.2 Å². The van der Waals surface area contributed by atoms with E-state index in [-0.39, 0.29) is 11.7 Å². The summed E-state index contributed by atoms with van der Waals surface area (Å²) in [5, 5.41) is 8.84. The molecule has 0 amide bonds. The minimum atomic E-state index is -0.255. The number of carbonyl (C=O) groups excluding carboxylic acids is 1. The Morgan fingerprint density at radius 1 is 1.22 bits per heavy atom. The number of aryl methyl sites for hydroxylation is 1. The van der Waals surface area contributed by atoms with Crippen molar-refractivity contribution in [2.24, 2.45) is 7.05 Å². The summed E-state index contributed by atoms with van der Waals surface area (Å²) in [5.74, 6) is 1.47. The van der Waals surface area contributed by atoms with Crippen molar-refractivity contribution in [1.82, 2.24) is 14.8 Å². The van der Waals surface area contributed by atoms with Crippen molar-refractivity contribution < 1.29 is 14.3 Å². The summed E-state index contributed by atoms with van der Waals surface area (Å²) in [7, 11) is 1.85. The standard InChI is InChI=1S/C16H21N3O3S/c1-4-12-6-8-13(9-7-12)22-10-14-17-18-16(19(14)3)23-11-15(20)21-5-2/h6-9H,4-5,10-11H2,1-3H3. The lowest BCUT2D eigenvalue weighted by Crippen LogP contribution is -2.08. The maximum absolute atomic E-state index is 11.4. The molecule has 0 aliphatic rings. The molecule has 0 saturated carbocycles. The zero-order valence-corrected chi connectivity index (χ0v) is 14.4. The highest BCUT2D eigenvalue weighted by Crippen LogP contribution is 2.18. The van der Waals surface area contributed by atoms with Crippen LogP contribution in [0.15, 0.2) is 29.4 Å². The third-order valence-corrected chi connectivity index (χ3v) is 4.24. The van der Waals surface area contributed by atoms with Crippen LogP contribution in [0.5, 0.6) is 5.75 Å². The lowest BCUT2D eigenvalue weighted by molar-refractivity contribution is -0.139. The monoisotopic (exact) mass is 335 g/mol. The molecule has 0 N–H and O–H groups in total. The third-order valence-electron chi connectivity index (χ3n) is 3.25. The van der Waals surface area contributed by atoms with E-state index in [2.05, 4.69) is 17.1 Å². The normalized spacial score (nSPS) is 10.6. The summed E-state index contributed by atoms with van der Waals surface area (Å²) in [6, 6.07) is 8.00. The van der Waals surface area contributed by atoms with Crippen molar-refractivity contribution in [3.8, 4) is 5.75 Å². The molecule has 7 heteroatoms. The van der Waals surface area contributed by atoms with E-state index in [1.54, 1.807) is 6.92 Å². The van der Waals surface area contributed by atoms with E-state index in [9.17, 15) is 4.79 Å². The smallest absolute Gasteiger partial charge is 0.316 e. The summed E-state index contributed by atoms with van der Waals surface area (Å²) in [6.07, 6.45) is 1.00. The molecule has 2 rings (SSSR count). The lowest BCUT2D eigenvalue weighted by atomic mass is 10.2. The molecule has 0 saturated heterocycles. The van der Waals surface area contributed by atoms with Crippen LogP contribution in [0.3, 0.4) is 0 Å². The number of thioether (sulfide) groups is 1. The number of ether oxygens (including phenoxy) is 2. The zero-order chi connectivity index (χ0) is 16.7. The summed E-state index contributed by atoms with van der Waals surface area (Å²) in [5.41, 5.74) is 1.27. The van der Waals surface area contributed by atoms with E-state index in [1.165, 1.54) is 17.3 Å². The van der Waals surface area contributed by atoms with Crippen LogP contribution in [-0.2, 0) is 29.6 Å². The van der Waals surface area contributed by atoms with E-state index < -0.39 is 0 Å². The Hall–Kier alpha value is -2.02. The highest BCUT2D eigenvalue weighted by molar-refractivity contribution is 7.99. The molecule has 0 radical (unpaired) electrons. The number of carbonyl (C=O) groups is 1. The molecular weight excluding hydrogens is 314 g/mol. The van der Waals surface area contributed by atoms with Gasteiger partial charge in [0.25, 0.3) is 0 Å². The second-order valence-electron chi connectivity index (χ2n) is 4.84. The van der Waals surface area contributed by atoms with Gasteiger partial charge in [0, 0.05) is 7.05 Å². The van der Waals surface area contributed by atoms with E-state index in [0.29, 0.717) is 24.2 Å². The van der Waals surface area contributed by atoms with Crippen LogP contribution >= 0.6 is 11.8 Å². The van der Waals surface area contributed by atoms with Crippen LogP contribution < -0.4 is 4.74 Å². The molecule has 0 unspecified atom stereocenters. The van der Waals surface area contributed by atoms with Crippen molar-refractivity contribution in [2.75, 3.05) is 12.4 Å². The SMILES string of the molecule is CCOC(=O)CSc1nnc(COc2ccc(CC)cc2)n1C. The molecule has 23 heavy (non-hydrogen) atoms. The number of hydrogen-bond acceptors (Lipinski definition) is 6. The molecule has 2 aromatic rings. The minimum absolute atomic E-state index is 0.221. The van der Waals surface area contributed by atoms with Crippen LogP contribution in [-0.4, -0.2) is 33.1 Å². The Morgan fingerprint density at radius 2 is 1.96 bits per heavy atom. The first kappa shape index (κ1) is 17.3. The number of benzene rings is 1. The van der Waals surface area contributed by atoms with Gasteiger partial charge in [-0.3, -0.25) is 4.79 Å². The van der Waals surface area contributed by atoms with E-state index in [4.69, 9.17) is 9.47 Å². The summed E-state index contributed by atoms with van der Waals surface area (Å²) in [4.78, 5) is 11.4. The predicted octanol–water partition coefficient (Wildman–Crippen LogP) is 2.61. The van der Waals surface area contributed by atoms with E-state index in [1.807, 2.05) is 35.9 Å². The highest BCUT2D eigenvalue weighted by atomic mass is 32.2. The van der Waals surface area contributed by atoms with E-state index in [0.717, 1.165) is 12.2 Å². The summed E-state index contributed by atoms with van der Waals surface area (Å²) < 4.78 is 12.4. The zero-order valence-electron chi connectivity index (χ0n) is 13.6. The number of hydrogen-bond donors (Lipinski definition) is 0. The third kappa shape index (κ3) is 4.99. The van der Waals surface area contributed by atoms with Crippen molar-refractivity contribution in [2.45, 2.75) is 32.0 Å². The lowest BCUT2D eigenvalue weighted by Gasteiger charge is -2.07. The van der Waals surface area contributed by atoms with Gasteiger partial charge in [0.15, 0.2) is 11.0 Å². The minimum Gasteiger partial charge on any atom is -0.486 e. The van der Waals surface area contributed by atoms with Gasteiger partial charge >= 0.3 is 5.97 Å². The Bertz CT molecular complexity index is 641. The van der Waals surface area contributed by atoms with Crippen molar-refractivity contribution in [3.05, 3.63) is 35.7 Å². The molecule has 0 bridgehead atoms. The average molecular weight is 335 g/mol. The fraction of sp³-hybridized carbons (Fsp3) is 0.438. The van der Waals surface area contributed by atoms with Gasteiger partial charge in [-0.15, -0.1) is 10.2 Å². The fourth-order valence-electron chi connectivity index (χ4n) is 1.89. The summed E-state index contributed by atoms with van der Waals surface area (Å²) >= 11 is 1.30. The van der Waals surface area contributed by atoms with Crippen LogP contribution in [0.25, 0.3) is 0 Å². The maximum Gasteiger partial charge on any atom is 0.316 e. The molecule has 0 aliphatic carbocycles. The fourth-order valence-corrected chi connectivity index (χ4v) is 2.62. The number of nitrogens with zero attached hydrogens (tertiary/aromatic N) is 3. The molecule has 0 spiro atoms. The van der Waals surface area contributed by atoms with Crippen LogP contribution in [0.2, 0.25) is 0 Å². The van der Waals surface area contributed by atoms with Gasteiger partial charge in [-0.05, 0) is 31.0 Å². The Labute approximate surface area is 140 Å². The van der Waals surface area contributed by atoms with Gasteiger partial charge in [0.2, 0.25) is 0 Å². The van der Waals surface area contributed by atoms with Crippen molar-refractivity contribution in [1.29, 1.82) is 0 Å². The maximum atomic E-state index is 11.4. The molecule has 6 nitrogen and oxygen atoms in total. The van der Waals surface area contributed by atoms with Crippen LogP contribution in [0.1, 0.15) is 25.2 Å². The Balaban J connectivity index is 1.89. The molecule has 0 aliphatic heterocycles. The van der Waals surface area contributed by atoms with Crippen molar-refractivity contribution >= 4 is 17.7 Å². The Morgan fingerprint density at radius 3 is 2.61 bits per heavy atom. The van der Waals surface area contributed by atoms with Gasteiger partial charge in [-0.2, -0.15) is 0 Å². The largest absolute Gasteiger partial charge is 0.486 e. The first-order valence-electron chi connectivity index (χ1n) is 7.52. The number of aromatic nitrogens is 3. The molecule has 0 fully saturated rings.